The average molecular weight is 503 g/mol. The molecule has 9 nitrogen and oxygen atoms in total. The van der Waals surface area contributed by atoms with Crippen molar-refractivity contribution in [2.24, 2.45) is 11.8 Å². The lowest BCUT2D eigenvalue weighted by Gasteiger charge is -2.46. The van der Waals surface area contributed by atoms with E-state index in [9.17, 15) is 30.0 Å². The van der Waals surface area contributed by atoms with Crippen LogP contribution in [-0.4, -0.2) is 60.0 Å². The lowest BCUT2D eigenvalue weighted by atomic mass is 9.77. The zero-order valence-electron chi connectivity index (χ0n) is 18.7. The van der Waals surface area contributed by atoms with E-state index in [0.717, 1.165) is 20.3 Å². The molecule has 1 amide bonds. The van der Waals surface area contributed by atoms with E-state index in [0.29, 0.717) is 12.1 Å². The minimum Gasteiger partial charge on any atom is -0.508 e. The number of fused-ring (bicyclic) bond motifs is 2. The molecule has 1 aromatic carbocycles. The van der Waals surface area contributed by atoms with Gasteiger partial charge in [0.05, 0.1) is 22.9 Å². The highest BCUT2D eigenvalue weighted by molar-refractivity contribution is 7.98. The number of thioether (sulfide) groups is 1. The summed E-state index contributed by atoms with van der Waals surface area (Å²) in [7, 11) is 0. The highest BCUT2D eigenvalue weighted by Crippen LogP contribution is 2.51. The number of hydrogen-bond donors (Lipinski definition) is 4. The molecule has 4 heterocycles. The predicted octanol–water partition coefficient (Wildman–Crippen LogP) is 2.12. The summed E-state index contributed by atoms with van der Waals surface area (Å²) in [5.41, 5.74) is 1.35. The van der Waals surface area contributed by atoms with Crippen LogP contribution in [0.5, 0.6) is 11.5 Å². The highest BCUT2D eigenvalue weighted by atomic mass is 32.2. The van der Waals surface area contributed by atoms with E-state index in [1.54, 1.807) is 19.1 Å². The first-order chi connectivity index (χ1) is 16.1. The number of aromatic nitrogens is 2. The zero-order chi connectivity index (χ0) is 24.5. The van der Waals surface area contributed by atoms with Gasteiger partial charge in [0.15, 0.2) is 0 Å². The number of β-lactam (4-membered cyclic amide) rings is 1. The maximum Gasteiger partial charge on any atom is 0.352 e. The number of amides is 1. The Kier molecular flexibility index (Phi) is 5.38. The number of nitrogens with zero attached hydrogens (tertiary/aromatic N) is 3. The monoisotopic (exact) mass is 502 g/mol. The normalized spacial score (nSPS) is 22.9. The van der Waals surface area contributed by atoms with E-state index in [4.69, 9.17) is 0 Å². The minimum atomic E-state index is -1.15. The van der Waals surface area contributed by atoms with Crippen LogP contribution in [0.3, 0.4) is 0 Å². The maximum atomic E-state index is 12.6. The van der Waals surface area contributed by atoms with Gasteiger partial charge in [-0.25, -0.2) is 9.36 Å². The molecule has 0 spiro atoms. The van der Waals surface area contributed by atoms with Crippen LogP contribution in [-0.2, 0) is 16.1 Å². The Morgan fingerprint density at radius 1 is 1.26 bits per heavy atom. The first-order valence-corrected chi connectivity index (χ1v) is 12.7. The number of carboxylic acid groups (broad SMARTS) is 1. The molecule has 0 unspecified atom stereocenters. The summed E-state index contributed by atoms with van der Waals surface area (Å²) in [6.07, 6.45) is 4.87. The van der Waals surface area contributed by atoms with Crippen molar-refractivity contribution in [1.82, 2.24) is 9.30 Å². The van der Waals surface area contributed by atoms with Gasteiger partial charge in [-0.1, -0.05) is 30.0 Å². The third kappa shape index (κ3) is 3.29. The van der Waals surface area contributed by atoms with Gasteiger partial charge in [-0.2, -0.15) is 4.40 Å². The molecule has 0 bridgehead atoms. The topological polar surface area (TPSA) is 127 Å². The van der Waals surface area contributed by atoms with Gasteiger partial charge in [0.1, 0.15) is 29.9 Å². The van der Waals surface area contributed by atoms with Crippen LogP contribution in [0.2, 0.25) is 0 Å². The molecule has 2 aliphatic heterocycles. The smallest absolute Gasteiger partial charge is 0.352 e. The van der Waals surface area contributed by atoms with Crippen molar-refractivity contribution in [3.05, 3.63) is 46.9 Å². The average Bonchev–Trinajstić information content (AvgIpc) is 3.34. The van der Waals surface area contributed by atoms with Gasteiger partial charge < -0.3 is 25.3 Å². The molecule has 2 aliphatic rings. The molecule has 34 heavy (non-hydrogen) atoms. The number of aliphatic carboxylic acids is 1. The third-order valence-corrected chi connectivity index (χ3v) is 8.64. The molecule has 1 fully saturated rings. The summed E-state index contributed by atoms with van der Waals surface area (Å²) in [4.78, 5) is 27.8. The van der Waals surface area contributed by atoms with Crippen LogP contribution in [0, 0.1) is 11.8 Å². The molecule has 4 N–H and O–H groups in total. The first kappa shape index (κ1) is 22.8. The minimum absolute atomic E-state index is 0.00211. The number of thiazole rings is 1. The fourth-order valence-electron chi connectivity index (χ4n) is 5.21. The van der Waals surface area contributed by atoms with Gasteiger partial charge in [0.2, 0.25) is 15.8 Å². The molecule has 2 aromatic heterocycles. The van der Waals surface area contributed by atoms with E-state index in [1.807, 2.05) is 34.7 Å². The predicted molar refractivity (Wildman–Crippen MR) is 126 cm³/mol. The van der Waals surface area contributed by atoms with Gasteiger partial charge in [-0.15, -0.1) is 0 Å². The van der Waals surface area contributed by atoms with Gasteiger partial charge >= 0.3 is 5.97 Å². The molecular formula is C23H24N3O6S2+. The number of aliphatic hydroxyl groups is 1. The third-order valence-electron chi connectivity index (χ3n) is 6.55. The summed E-state index contributed by atoms with van der Waals surface area (Å²) in [5, 5.41) is 40.6. The van der Waals surface area contributed by atoms with Gasteiger partial charge in [-0.3, -0.25) is 4.79 Å². The van der Waals surface area contributed by atoms with E-state index < -0.39 is 18.0 Å². The van der Waals surface area contributed by atoms with Crippen molar-refractivity contribution in [3.8, 4) is 11.5 Å². The molecule has 178 valence electrons. The van der Waals surface area contributed by atoms with Crippen LogP contribution >= 0.6 is 23.1 Å². The Hall–Kier alpha value is -3.02. The lowest BCUT2D eigenvalue weighted by molar-refractivity contribution is -0.721. The van der Waals surface area contributed by atoms with E-state index in [2.05, 4.69) is 0 Å². The molecule has 5 rings (SSSR count). The van der Waals surface area contributed by atoms with Crippen LogP contribution < -0.4 is 4.57 Å². The van der Waals surface area contributed by atoms with Crippen molar-refractivity contribution in [3.63, 3.8) is 0 Å². The van der Waals surface area contributed by atoms with Crippen molar-refractivity contribution in [2.75, 3.05) is 6.26 Å². The maximum absolute atomic E-state index is 12.6. The summed E-state index contributed by atoms with van der Waals surface area (Å²) in [6, 6.07) is 4.11. The van der Waals surface area contributed by atoms with Crippen LogP contribution in [0.1, 0.15) is 24.3 Å². The van der Waals surface area contributed by atoms with E-state index >= 15 is 0 Å². The fourth-order valence-corrected chi connectivity index (χ4v) is 7.39. The molecule has 4 atom stereocenters. The van der Waals surface area contributed by atoms with Crippen LogP contribution in [0.4, 0.5) is 0 Å². The van der Waals surface area contributed by atoms with Crippen molar-refractivity contribution >= 4 is 45.4 Å². The summed E-state index contributed by atoms with van der Waals surface area (Å²) in [5.74, 6) is -2.35. The molecular weight excluding hydrogens is 478 g/mol. The number of carbonyl (C=O) groups is 2. The Balaban J connectivity index is 1.56. The Morgan fingerprint density at radius 2 is 1.94 bits per heavy atom. The number of imidazole rings is 1. The number of benzene rings is 1. The van der Waals surface area contributed by atoms with E-state index in [1.165, 1.54) is 34.1 Å². The summed E-state index contributed by atoms with van der Waals surface area (Å²) >= 11 is 2.99. The summed E-state index contributed by atoms with van der Waals surface area (Å²) in [6.45, 7) is 3.90. The molecule has 0 saturated carbocycles. The van der Waals surface area contributed by atoms with Gasteiger partial charge in [0.25, 0.3) is 6.33 Å². The molecule has 3 aromatic rings. The second-order valence-electron chi connectivity index (χ2n) is 8.74. The highest BCUT2D eigenvalue weighted by Gasteiger charge is 2.60. The molecule has 0 radical (unpaired) electrons. The Morgan fingerprint density at radius 3 is 2.53 bits per heavy atom. The molecule has 0 aliphatic carbocycles. The first-order valence-electron chi connectivity index (χ1n) is 10.7. The second-order valence-corrected chi connectivity index (χ2v) is 10.6. The van der Waals surface area contributed by atoms with Gasteiger partial charge in [0, 0.05) is 23.1 Å². The summed E-state index contributed by atoms with van der Waals surface area (Å²) < 4.78 is 3.93. The van der Waals surface area contributed by atoms with Gasteiger partial charge in [-0.05, 0) is 25.3 Å². The fraction of sp³-hybridized carbons (Fsp3) is 0.348. The number of phenolic OH excluding ortho intramolecular Hbond substituents is 2. The Labute approximate surface area is 203 Å². The molecule has 11 heteroatoms. The van der Waals surface area contributed by atoms with Crippen molar-refractivity contribution in [2.45, 2.75) is 37.6 Å². The number of rotatable bonds is 6. The number of aliphatic hydroxyl groups excluding tert-OH is 1. The zero-order valence-corrected chi connectivity index (χ0v) is 20.3. The molecule has 1 saturated heterocycles. The lowest BCUT2D eigenvalue weighted by Crippen LogP contribution is -2.63. The number of carbonyl (C=O) groups excluding carboxylic acids is 1. The van der Waals surface area contributed by atoms with Crippen LogP contribution in [0.15, 0.2) is 41.4 Å². The number of phenols is 2. The SMILES string of the molecule is CSc1c2sc(C3=C(C(=O)O)N4C(=O)[C@H]([C@@H](C)O)[C@H]4[C@H]3C)cn2c[n+]1Cc1cc(O)cc(O)c1. The Bertz CT molecular complexity index is 1350. The quantitative estimate of drug-likeness (QED) is 0.231. The number of carboxylic acids is 1. The van der Waals surface area contributed by atoms with Crippen molar-refractivity contribution < 1.29 is 34.6 Å². The standard InChI is InChI=1S/C23H23N3O6S2/c1-10-16(19(23(31)32)26-18(10)17(11(2)27)20(26)30)15-8-25-9-24(21(33-3)22(25)34-15)7-12-4-13(28)6-14(29)5-12/h4-6,8-11,17-18,27H,7H2,1-3H3,(H2-,28,29,31,32)/p+1/t10-,11+,17+,18+/m0/s1. The second kappa shape index (κ2) is 8.03. The van der Waals surface area contributed by atoms with Crippen LogP contribution in [0.25, 0.3) is 10.4 Å². The largest absolute Gasteiger partial charge is 0.508 e. The van der Waals surface area contributed by atoms with E-state index in [-0.39, 0.29) is 35.1 Å². The number of aromatic hydroxyl groups is 2. The van der Waals surface area contributed by atoms with Crippen molar-refractivity contribution in [1.29, 1.82) is 0 Å². The number of hydrogen-bond acceptors (Lipinski definition) is 7.